The topological polar surface area (TPSA) is 104 Å². The standard InChI is InChI=1S/C25H29N3O5S/c1-17-8-13-21-22(16-17)25(31)28(24(21)30)15-14-23(29)26-18-9-11-20(12-10-18)34(32,33)27(2)19-6-4-3-5-7-19/h8-13,16,19H,3-7,14-15H2,1-2H3,(H,26,29). The van der Waals surface area contributed by atoms with Crippen molar-refractivity contribution in [2.24, 2.45) is 0 Å². The minimum atomic E-state index is -3.61. The number of hydrogen-bond donors (Lipinski definition) is 1. The Hall–Kier alpha value is -3.04. The maximum Gasteiger partial charge on any atom is 0.261 e. The van der Waals surface area contributed by atoms with Gasteiger partial charge in [0.25, 0.3) is 11.8 Å². The fourth-order valence-electron chi connectivity index (χ4n) is 4.56. The van der Waals surface area contributed by atoms with E-state index in [2.05, 4.69) is 5.32 Å². The van der Waals surface area contributed by atoms with Gasteiger partial charge in [-0.25, -0.2) is 8.42 Å². The summed E-state index contributed by atoms with van der Waals surface area (Å²) in [5.41, 5.74) is 2.04. The van der Waals surface area contributed by atoms with Gasteiger partial charge in [-0.2, -0.15) is 4.31 Å². The molecule has 0 unspecified atom stereocenters. The van der Waals surface area contributed by atoms with Crippen LogP contribution in [0.4, 0.5) is 5.69 Å². The largest absolute Gasteiger partial charge is 0.326 e. The number of nitrogens with zero attached hydrogens (tertiary/aromatic N) is 2. The molecule has 2 aliphatic rings. The SMILES string of the molecule is Cc1ccc2c(c1)C(=O)N(CCC(=O)Nc1ccc(S(=O)(=O)N(C)C3CCCCC3)cc1)C2=O. The molecular weight excluding hydrogens is 454 g/mol. The molecule has 1 heterocycles. The number of anilines is 1. The van der Waals surface area contributed by atoms with Crippen molar-refractivity contribution in [2.45, 2.75) is 56.4 Å². The lowest BCUT2D eigenvalue weighted by molar-refractivity contribution is -0.116. The van der Waals surface area contributed by atoms with E-state index in [-0.39, 0.29) is 29.8 Å². The molecule has 0 saturated heterocycles. The number of benzene rings is 2. The van der Waals surface area contributed by atoms with Gasteiger partial charge in [0.15, 0.2) is 0 Å². The normalized spacial score (nSPS) is 16.7. The number of aryl methyl sites for hydroxylation is 1. The van der Waals surface area contributed by atoms with Crippen LogP contribution in [0.2, 0.25) is 0 Å². The number of carbonyl (C=O) groups is 3. The third kappa shape index (κ3) is 4.76. The van der Waals surface area contributed by atoms with E-state index in [0.717, 1.165) is 42.6 Å². The molecular formula is C25H29N3O5S. The van der Waals surface area contributed by atoms with Crippen LogP contribution in [0, 0.1) is 6.92 Å². The quantitative estimate of drug-likeness (QED) is 0.607. The van der Waals surface area contributed by atoms with Crippen molar-refractivity contribution in [1.29, 1.82) is 0 Å². The summed E-state index contributed by atoms with van der Waals surface area (Å²) < 4.78 is 27.4. The van der Waals surface area contributed by atoms with Crippen molar-refractivity contribution in [1.82, 2.24) is 9.21 Å². The summed E-state index contributed by atoms with van der Waals surface area (Å²) in [4.78, 5) is 38.7. The molecule has 0 radical (unpaired) electrons. The lowest BCUT2D eigenvalue weighted by atomic mass is 9.96. The van der Waals surface area contributed by atoms with Crippen LogP contribution in [0.15, 0.2) is 47.4 Å². The van der Waals surface area contributed by atoms with E-state index in [1.807, 2.05) is 6.92 Å². The molecule has 34 heavy (non-hydrogen) atoms. The zero-order chi connectivity index (χ0) is 24.5. The molecule has 0 spiro atoms. The predicted octanol–water partition coefficient (Wildman–Crippen LogP) is 3.57. The lowest BCUT2D eigenvalue weighted by Gasteiger charge is -2.30. The third-order valence-corrected chi connectivity index (χ3v) is 8.52. The van der Waals surface area contributed by atoms with Crippen LogP contribution in [0.3, 0.4) is 0 Å². The van der Waals surface area contributed by atoms with Crippen molar-refractivity contribution in [3.8, 4) is 0 Å². The Morgan fingerprint density at radius 2 is 1.65 bits per heavy atom. The van der Waals surface area contributed by atoms with Gasteiger partial charge < -0.3 is 5.32 Å². The number of rotatable bonds is 7. The van der Waals surface area contributed by atoms with Gasteiger partial charge in [-0.15, -0.1) is 0 Å². The Morgan fingerprint density at radius 3 is 2.32 bits per heavy atom. The van der Waals surface area contributed by atoms with Gasteiger partial charge in [-0.3, -0.25) is 19.3 Å². The average molecular weight is 484 g/mol. The summed E-state index contributed by atoms with van der Waals surface area (Å²) in [5.74, 6) is -1.17. The van der Waals surface area contributed by atoms with E-state index in [9.17, 15) is 22.8 Å². The van der Waals surface area contributed by atoms with Crippen LogP contribution in [-0.2, 0) is 14.8 Å². The molecule has 1 N–H and O–H groups in total. The molecule has 0 aromatic heterocycles. The highest BCUT2D eigenvalue weighted by Crippen LogP contribution is 2.27. The lowest BCUT2D eigenvalue weighted by Crippen LogP contribution is -2.38. The molecule has 1 aliphatic heterocycles. The fraction of sp³-hybridized carbons (Fsp3) is 0.400. The third-order valence-electron chi connectivity index (χ3n) is 6.59. The van der Waals surface area contributed by atoms with E-state index in [0.29, 0.717) is 16.8 Å². The second-order valence-corrected chi connectivity index (χ2v) is 10.9. The first-order chi connectivity index (χ1) is 16.2. The zero-order valence-electron chi connectivity index (χ0n) is 19.4. The van der Waals surface area contributed by atoms with Gasteiger partial charge in [-0.1, -0.05) is 30.9 Å². The molecule has 9 heteroatoms. The molecule has 4 rings (SSSR count). The Balaban J connectivity index is 1.34. The molecule has 3 amide bonds. The summed E-state index contributed by atoms with van der Waals surface area (Å²) in [6.07, 6.45) is 4.90. The van der Waals surface area contributed by atoms with Crippen molar-refractivity contribution < 1.29 is 22.8 Å². The second-order valence-electron chi connectivity index (χ2n) is 8.95. The molecule has 8 nitrogen and oxygen atoms in total. The second kappa shape index (κ2) is 9.68. The molecule has 0 atom stereocenters. The van der Waals surface area contributed by atoms with E-state index >= 15 is 0 Å². The van der Waals surface area contributed by atoms with Crippen molar-refractivity contribution in [2.75, 3.05) is 18.9 Å². The monoisotopic (exact) mass is 483 g/mol. The fourth-order valence-corrected chi connectivity index (χ4v) is 5.98. The van der Waals surface area contributed by atoms with E-state index < -0.39 is 21.8 Å². The van der Waals surface area contributed by atoms with Crippen LogP contribution in [0.1, 0.15) is 64.8 Å². The molecule has 180 valence electrons. The maximum absolute atomic E-state index is 13.0. The van der Waals surface area contributed by atoms with Gasteiger partial charge in [0, 0.05) is 31.7 Å². The summed E-state index contributed by atoms with van der Waals surface area (Å²) in [7, 11) is -1.98. The van der Waals surface area contributed by atoms with Gasteiger partial charge in [-0.05, 0) is 56.2 Å². The van der Waals surface area contributed by atoms with Crippen LogP contribution in [-0.4, -0.2) is 55.0 Å². The van der Waals surface area contributed by atoms with Crippen LogP contribution >= 0.6 is 0 Å². The Labute approximate surface area is 200 Å². The van der Waals surface area contributed by atoms with E-state index in [1.165, 1.54) is 16.4 Å². The van der Waals surface area contributed by atoms with E-state index in [1.54, 1.807) is 37.4 Å². The summed E-state index contributed by atoms with van der Waals surface area (Å²) in [6.45, 7) is 1.81. The first-order valence-electron chi connectivity index (χ1n) is 11.5. The maximum atomic E-state index is 13.0. The molecule has 0 bridgehead atoms. The number of sulfonamides is 1. The van der Waals surface area contributed by atoms with Gasteiger partial charge in [0.2, 0.25) is 15.9 Å². The van der Waals surface area contributed by atoms with Gasteiger partial charge in [0.05, 0.1) is 16.0 Å². The highest BCUT2D eigenvalue weighted by atomic mass is 32.2. The summed E-state index contributed by atoms with van der Waals surface area (Å²) >= 11 is 0. The molecule has 1 saturated carbocycles. The Morgan fingerprint density at radius 1 is 1.00 bits per heavy atom. The number of carbonyl (C=O) groups excluding carboxylic acids is 3. The smallest absolute Gasteiger partial charge is 0.261 e. The minimum absolute atomic E-state index is 0.0178. The first kappa shape index (κ1) is 24.1. The minimum Gasteiger partial charge on any atom is -0.326 e. The summed E-state index contributed by atoms with van der Waals surface area (Å²) in [5, 5.41) is 2.70. The van der Waals surface area contributed by atoms with Crippen LogP contribution < -0.4 is 5.32 Å². The van der Waals surface area contributed by atoms with Crippen LogP contribution in [0.5, 0.6) is 0 Å². The Kier molecular flexibility index (Phi) is 6.86. The molecule has 1 aliphatic carbocycles. The highest BCUT2D eigenvalue weighted by Gasteiger charge is 2.35. The van der Waals surface area contributed by atoms with Crippen LogP contribution in [0.25, 0.3) is 0 Å². The summed E-state index contributed by atoms with van der Waals surface area (Å²) in [6, 6.07) is 11.2. The number of hydrogen-bond acceptors (Lipinski definition) is 5. The molecule has 1 fully saturated rings. The van der Waals surface area contributed by atoms with Gasteiger partial charge >= 0.3 is 0 Å². The molecule has 2 aromatic rings. The highest BCUT2D eigenvalue weighted by molar-refractivity contribution is 7.89. The predicted molar refractivity (Wildman–Crippen MR) is 128 cm³/mol. The number of fused-ring (bicyclic) bond motifs is 1. The van der Waals surface area contributed by atoms with Crippen molar-refractivity contribution in [3.63, 3.8) is 0 Å². The van der Waals surface area contributed by atoms with Crippen molar-refractivity contribution >= 4 is 33.4 Å². The Bertz CT molecular complexity index is 1220. The molecule has 2 aromatic carbocycles. The average Bonchev–Trinajstić information content (AvgIpc) is 3.06. The van der Waals surface area contributed by atoms with Gasteiger partial charge in [0.1, 0.15) is 0 Å². The number of amides is 3. The first-order valence-corrected chi connectivity index (χ1v) is 13.0. The number of imide groups is 1. The zero-order valence-corrected chi connectivity index (χ0v) is 20.2. The van der Waals surface area contributed by atoms with E-state index in [4.69, 9.17) is 0 Å². The number of nitrogens with one attached hydrogen (secondary N) is 1. The van der Waals surface area contributed by atoms with Crippen molar-refractivity contribution in [3.05, 3.63) is 59.2 Å².